The number of thioether (sulfide) groups is 1. The van der Waals surface area contributed by atoms with Crippen LogP contribution in [0.1, 0.15) is 17.0 Å². The number of methoxy groups -OCH3 is 1. The van der Waals surface area contributed by atoms with Gasteiger partial charge < -0.3 is 15.0 Å². The first kappa shape index (κ1) is 15.7. The number of ether oxygens (including phenoxy) is 1. The Morgan fingerprint density at radius 1 is 1.33 bits per heavy atom. The molecular formula is C13H13F3N2O2S. The van der Waals surface area contributed by atoms with Gasteiger partial charge in [0.15, 0.2) is 5.76 Å². The lowest BCUT2D eigenvalue weighted by Gasteiger charge is -2.10. The van der Waals surface area contributed by atoms with Gasteiger partial charge in [0.1, 0.15) is 6.61 Å². The molecule has 0 bridgehead atoms. The summed E-state index contributed by atoms with van der Waals surface area (Å²) in [4.78, 5) is 0.569. The molecule has 0 aliphatic rings. The molecule has 4 nitrogen and oxygen atoms in total. The molecule has 0 aliphatic heterocycles. The van der Waals surface area contributed by atoms with Gasteiger partial charge in [-0.25, -0.2) is 0 Å². The highest BCUT2D eigenvalue weighted by Crippen LogP contribution is 2.35. The maximum absolute atomic E-state index is 12.5. The van der Waals surface area contributed by atoms with Crippen LogP contribution in [-0.4, -0.2) is 12.3 Å². The molecule has 0 unspecified atom stereocenters. The number of aromatic nitrogens is 1. The molecule has 21 heavy (non-hydrogen) atoms. The first-order chi connectivity index (χ1) is 9.90. The van der Waals surface area contributed by atoms with E-state index in [2.05, 4.69) is 5.16 Å². The second-order valence-electron chi connectivity index (χ2n) is 4.26. The number of halogens is 3. The molecule has 2 N–H and O–H groups in total. The quantitative estimate of drug-likeness (QED) is 0.672. The van der Waals surface area contributed by atoms with Crippen LogP contribution in [0, 0.1) is 0 Å². The van der Waals surface area contributed by atoms with Gasteiger partial charge in [0.25, 0.3) is 0 Å². The minimum atomic E-state index is -4.39. The molecule has 0 radical (unpaired) electrons. The Hall–Kier alpha value is -1.67. The zero-order valence-corrected chi connectivity index (χ0v) is 11.9. The zero-order chi connectivity index (χ0) is 15.5. The SMILES string of the molecule is COCc1cc(CSc2ccc(C(F)(F)F)cc2N)no1. The Bertz CT molecular complexity index is 614. The lowest BCUT2D eigenvalue weighted by atomic mass is 10.2. The lowest BCUT2D eigenvalue weighted by molar-refractivity contribution is -0.137. The van der Waals surface area contributed by atoms with E-state index in [1.807, 2.05) is 0 Å². The number of benzene rings is 1. The van der Waals surface area contributed by atoms with Crippen molar-refractivity contribution in [2.24, 2.45) is 0 Å². The number of anilines is 1. The zero-order valence-electron chi connectivity index (χ0n) is 11.1. The monoisotopic (exact) mass is 318 g/mol. The molecule has 1 aromatic carbocycles. The van der Waals surface area contributed by atoms with Crippen LogP contribution in [0.2, 0.25) is 0 Å². The van der Waals surface area contributed by atoms with Crippen LogP contribution < -0.4 is 5.73 Å². The van der Waals surface area contributed by atoms with Crippen molar-refractivity contribution in [1.82, 2.24) is 5.16 Å². The summed E-state index contributed by atoms with van der Waals surface area (Å²) in [6.07, 6.45) is -4.39. The van der Waals surface area contributed by atoms with Crippen LogP contribution in [0.3, 0.4) is 0 Å². The molecule has 8 heteroatoms. The summed E-state index contributed by atoms with van der Waals surface area (Å²) in [7, 11) is 1.54. The first-order valence-electron chi connectivity index (χ1n) is 5.93. The van der Waals surface area contributed by atoms with E-state index in [1.54, 1.807) is 13.2 Å². The van der Waals surface area contributed by atoms with Gasteiger partial charge in [-0.1, -0.05) is 5.16 Å². The molecule has 114 valence electrons. The van der Waals surface area contributed by atoms with Gasteiger partial charge in [0, 0.05) is 29.5 Å². The highest BCUT2D eigenvalue weighted by Gasteiger charge is 2.30. The summed E-state index contributed by atoms with van der Waals surface area (Å²) in [5, 5.41) is 3.84. The molecule has 1 aromatic heterocycles. The van der Waals surface area contributed by atoms with Gasteiger partial charge in [-0.3, -0.25) is 0 Å². The Labute approximate surface area is 123 Å². The molecule has 0 fully saturated rings. The number of hydrogen-bond acceptors (Lipinski definition) is 5. The lowest BCUT2D eigenvalue weighted by Crippen LogP contribution is -2.05. The summed E-state index contributed by atoms with van der Waals surface area (Å²) in [6, 6.07) is 5.04. The van der Waals surface area contributed by atoms with Crippen LogP contribution in [0.5, 0.6) is 0 Å². The summed E-state index contributed by atoms with van der Waals surface area (Å²) in [6.45, 7) is 0.320. The third-order valence-electron chi connectivity index (χ3n) is 2.61. The van der Waals surface area contributed by atoms with Gasteiger partial charge in [0.05, 0.1) is 11.3 Å². The molecular weight excluding hydrogens is 305 g/mol. The van der Waals surface area contributed by atoms with Crippen molar-refractivity contribution in [2.75, 3.05) is 12.8 Å². The minimum Gasteiger partial charge on any atom is -0.398 e. The molecule has 2 rings (SSSR count). The maximum Gasteiger partial charge on any atom is 0.416 e. The van der Waals surface area contributed by atoms with Crippen molar-refractivity contribution >= 4 is 17.4 Å². The number of rotatable bonds is 5. The third-order valence-corrected chi connectivity index (χ3v) is 3.73. The van der Waals surface area contributed by atoms with E-state index in [0.717, 1.165) is 12.1 Å². The normalized spacial score (nSPS) is 11.8. The molecule has 2 aromatic rings. The topological polar surface area (TPSA) is 61.3 Å². The van der Waals surface area contributed by atoms with Gasteiger partial charge in [0.2, 0.25) is 0 Å². The second kappa shape index (κ2) is 6.40. The van der Waals surface area contributed by atoms with Crippen molar-refractivity contribution in [3.05, 3.63) is 41.3 Å². The Kier molecular flexibility index (Phi) is 4.79. The fourth-order valence-electron chi connectivity index (χ4n) is 1.64. The number of nitrogen functional groups attached to an aromatic ring is 1. The summed E-state index contributed by atoms with van der Waals surface area (Å²) in [5.41, 5.74) is 5.66. The molecule has 0 atom stereocenters. The van der Waals surface area contributed by atoms with Crippen LogP contribution in [-0.2, 0) is 23.3 Å². The van der Waals surface area contributed by atoms with E-state index in [-0.39, 0.29) is 5.69 Å². The number of hydrogen-bond donors (Lipinski definition) is 1. The fraction of sp³-hybridized carbons (Fsp3) is 0.308. The first-order valence-corrected chi connectivity index (χ1v) is 6.91. The summed E-state index contributed by atoms with van der Waals surface area (Å²) in [5.74, 6) is 1.04. The average molecular weight is 318 g/mol. The van der Waals surface area contributed by atoms with Crippen molar-refractivity contribution in [3.8, 4) is 0 Å². The third kappa shape index (κ3) is 4.15. The summed E-state index contributed by atoms with van der Waals surface area (Å²) >= 11 is 1.30. The van der Waals surface area contributed by atoms with Gasteiger partial charge in [-0.05, 0) is 18.2 Å². The van der Waals surface area contributed by atoms with Crippen LogP contribution in [0.4, 0.5) is 18.9 Å². The highest BCUT2D eigenvalue weighted by atomic mass is 32.2. The minimum absolute atomic E-state index is 0.0930. The molecule has 0 amide bonds. The largest absolute Gasteiger partial charge is 0.416 e. The maximum atomic E-state index is 12.5. The molecule has 0 saturated heterocycles. The Balaban J connectivity index is 2.02. The van der Waals surface area contributed by atoms with Gasteiger partial charge in [-0.15, -0.1) is 11.8 Å². The molecule has 0 spiro atoms. The fourth-order valence-corrected chi connectivity index (χ4v) is 2.47. The predicted octanol–water partition coefficient (Wildman–Crippen LogP) is 3.71. The van der Waals surface area contributed by atoms with Gasteiger partial charge in [-0.2, -0.15) is 13.2 Å². The highest BCUT2D eigenvalue weighted by molar-refractivity contribution is 7.98. The van der Waals surface area contributed by atoms with Gasteiger partial charge >= 0.3 is 6.18 Å². The standard InChI is InChI=1S/C13H13F3N2O2S/c1-19-6-10-5-9(18-20-10)7-21-12-3-2-8(4-11(12)17)13(14,15)16/h2-5H,6-7,17H2,1H3. The average Bonchev–Trinajstić information content (AvgIpc) is 2.84. The number of nitrogens with two attached hydrogens (primary N) is 1. The second-order valence-corrected chi connectivity index (χ2v) is 5.27. The predicted molar refractivity (Wildman–Crippen MR) is 72.6 cm³/mol. The van der Waals surface area contributed by atoms with E-state index in [9.17, 15) is 13.2 Å². The van der Waals surface area contributed by atoms with Crippen LogP contribution >= 0.6 is 11.8 Å². The van der Waals surface area contributed by atoms with Crippen molar-refractivity contribution in [3.63, 3.8) is 0 Å². The van der Waals surface area contributed by atoms with Crippen LogP contribution in [0.25, 0.3) is 0 Å². The molecule has 0 saturated carbocycles. The summed E-state index contributed by atoms with van der Waals surface area (Å²) < 4.78 is 47.5. The Morgan fingerprint density at radius 2 is 2.10 bits per heavy atom. The van der Waals surface area contributed by atoms with Crippen molar-refractivity contribution in [2.45, 2.75) is 23.4 Å². The Morgan fingerprint density at radius 3 is 2.71 bits per heavy atom. The van der Waals surface area contributed by atoms with Crippen molar-refractivity contribution in [1.29, 1.82) is 0 Å². The number of nitrogens with zero attached hydrogens (tertiary/aromatic N) is 1. The van der Waals surface area contributed by atoms with E-state index in [1.165, 1.54) is 17.8 Å². The molecule has 1 heterocycles. The van der Waals surface area contributed by atoms with Crippen molar-refractivity contribution < 1.29 is 22.4 Å². The van der Waals surface area contributed by atoms with E-state index in [0.29, 0.717) is 28.7 Å². The smallest absolute Gasteiger partial charge is 0.398 e. The van der Waals surface area contributed by atoms with Crippen LogP contribution in [0.15, 0.2) is 33.7 Å². The van der Waals surface area contributed by atoms with E-state index >= 15 is 0 Å². The number of alkyl halides is 3. The molecule has 0 aliphatic carbocycles. The van der Waals surface area contributed by atoms with E-state index in [4.69, 9.17) is 15.0 Å². The van der Waals surface area contributed by atoms with E-state index < -0.39 is 11.7 Å².